The molecule has 2 aromatic rings. The third-order valence-electron chi connectivity index (χ3n) is 1.78. The molecule has 0 saturated heterocycles. The first-order valence-electron chi connectivity index (χ1n) is 4.25. The lowest BCUT2D eigenvalue weighted by molar-refractivity contribution is 1.37. The zero-order valence-electron chi connectivity index (χ0n) is 7.42. The molecule has 1 aromatic carbocycles. The van der Waals surface area contributed by atoms with Gasteiger partial charge < -0.3 is 4.98 Å². The van der Waals surface area contributed by atoms with Crippen LogP contribution in [0.3, 0.4) is 0 Å². The van der Waals surface area contributed by atoms with Gasteiger partial charge in [-0.2, -0.15) is 0 Å². The number of hydrogen-bond donors (Lipinski definition) is 1. The van der Waals surface area contributed by atoms with Crippen LogP contribution in [0.2, 0.25) is 0 Å². The van der Waals surface area contributed by atoms with Crippen molar-refractivity contribution in [3.63, 3.8) is 0 Å². The monoisotopic (exact) mass is 245 g/mol. The number of hydrogen-bond acceptors (Lipinski definition) is 0. The van der Waals surface area contributed by atoms with E-state index in [-0.39, 0.29) is 0 Å². The van der Waals surface area contributed by atoms with Crippen molar-refractivity contribution in [2.75, 3.05) is 0 Å². The topological polar surface area (TPSA) is 15.8 Å². The summed E-state index contributed by atoms with van der Waals surface area (Å²) in [5.41, 5.74) is 1.95. The van der Waals surface area contributed by atoms with E-state index >= 15 is 0 Å². The Balaban J connectivity index is 2.22. The second-order valence-electron chi connectivity index (χ2n) is 2.84. The van der Waals surface area contributed by atoms with Crippen molar-refractivity contribution in [2.24, 2.45) is 0 Å². The highest BCUT2D eigenvalue weighted by molar-refractivity contribution is 9.10. The third kappa shape index (κ3) is 2.27. The van der Waals surface area contributed by atoms with Crippen LogP contribution in [0.5, 0.6) is 0 Å². The molecular weight excluding hydrogens is 238 g/mol. The molecule has 1 N–H and O–H groups in total. The highest BCUT2D eigenvalue weighted by Gasteiger charge is 1.87. The minimum absolute atomic E-state index is 0.938. The average molecular weight is 246 g/mol. The Labute approximate surface area is 91.3 Å². The van der Waals surface area contributed by atoms with Crippen LogP contribution in [0.15, 0.2) is 47.1 Å². The minimum Gasteiger partial charge on any atom is -0.355 e. The highest BCUT2D eigenvalue weighted by Crippen LogP contribution is 2.09. The number of rotatable bonds is 0. The summed E-state index contributed by atoms with van der Waals surface area (Å²) >= 11 is 3.38. The molecule has 0 radical (unpaired) electrons. The van der Waals surface area contributed by atoms with Crippen LogP contribution in [0.25, 0.3) is 0 Å². The van der Waals surface area contributed by atoms with Crippen molar-refractivity contribution in [3.05, 3.63) is 58.3 Å². The molecule has 1 aromatic heterocycles. The van der Waals surface area contributed by atoms with Crippen molar-refractivity contribution >= 4 is 15.9 Å². The predicted octanol–water partition coefficient (Wildman–Crippen LogP) is 3.18. The fraction of sp³-hybridized carbons (Fsp3) is 0. The normalized spacial score (nSPS) is 9.21. The SMILES string of the molecule is Brc1ccc(C#Cc2ccc[nH]2)cc1. The average Bonchev–Trinajstić information content (AvgIpc) is 2.70. The van der Waals surface area contributed by atoms with Gasteiger partial charge in [0.05, 0.1) is 5.69 Å². The van der Waals surface area contributed by atoms with Gasteiger partial charge in [0.2, 0.25) is 0 Å². The van der Waals surface area contributed by atoms with E-state index in [1.807, 2.05) is 42.6 Å². The summed E-state index contributed by atoms with van der Waals surface area (Å²) in [5.74, 6) is 6.11. The zero-order valence-corrected chi connectivity index (χ0v) is 9.01. The summed E-state index contributed by atoms with van der Waals surface area (Å²) in [5, 5.41) is 0. The molecule has 68 valence electrons. The molecule has 0 atom stereocenters. The molecule has 0 aliphatic rings. The molecule has 0 amide bonds. The molecule has 0 saturated carbocycles. The summed E-state index contributed by atoms with van der Waals surface area (Å²) in [7, 11) is 0. The number of aromatic amines is 1. The molecule has 0 spiro atoms. The van der Waals surface area contributed by atoms with Crippen LogP contribution in [-0.4, -0.2) is 4.98 Å². The zero-order chi connectivity index (χ0) is 9.80. The fourth-order valence-electron chi connectivity index (χ4n) is 1.08. The van der Waals surface area contributed by atoms with Gasteiger partial charge in [0.25, 0.3) is 0 Å². The van der Waals surface area contributed by atoms with Gasteiger partial charge in [-0.25, -0.2) is 0 Å². The Morgan fingerprint density at radius 2 is 1.79 bits per heavy atom. The molecule has 14 heavy (non-hydrogen) atoms. The minimum atomic E-state index is 0.938. The van der Waals surface area contributed by atoms with E-state index < -0.39 is 0 Å². The summed E-state index contributed by atoms with van der Waals surface area (Å²) in [6.07, 6.45) is 1.87. The van der Waals surface area contributed by atoms with E-state index in [4.69, 9.17) is 0 Å². The van der Waals surface area contributed by atoms with Crippen molar-refractivity contribution < 1.29 is 0 Å². The molecular formula is C12H8BrN. The number of aromatic nitrogens is 1. The van der Waals surface area contributed by atoms with Crippen LogP contribution in [0.1, 0.15) is 11.3 Å². The maximum absolute atomic E-state index is 3.38. The second-order valence-corrected chi connectivity index (χ2v) is 3.76. The van der Waals surface area contributed by atoms with Gasteiger partial charge in [0.1, 0.15) is 0 Å². The lowest BCUT2D eigenvalue weighted by Gasteiger charge is -1.89. The Hall–Kier alpha value is -1.46. The maximum Gasteiger partial charge on any atom is 0.0897 e. The highest BCUT2D eigenvalue weighted by atomic mass is 79.9. The van der Waals surface area contributed by atoms with Crippen LogP contribution in [0.4, 0.5) is 0 Å². The lowest BCUT2D eigenvalue weighted by Crippen LogP contribution is -1.74. The number of nitrogens with one attached hydrogen (secondary N) is 1. The summed E-state index contributed by atoms with van der Waals surface area (Å²) in [4.78, 5) is 3.04. The van der Waals surface area contributed by atoms with Gasteiger partial charge in [-0.3, -0.25) is 0 Å². The quantitative estimate of drug-likeness (QED) is 0.687. The van der Waals surface area contributed by atoms with E-state index in [0.717, 1.165) is 15.7 Å². The smallest absolute Gasteiger partial charge is 0.0897 e. The summed E-state index contributed by atoms with van der Waals surface area (Å²) in [6.45, 7) is 0. The Kier molecular flexibility index (Phi) is 2.71. The predicted molar refractivity (Wildman–Crippen MR) is 60.9 cm³/mol. The number of halogens is 1. The van der Waals surface area contributed by atoms with E-state index in [1.54, 1.807) is 0 Å². The van der Waals surface area contributed by atoms with E-state index in [9.17, 15) is 0 Å². The van der Waals surface area contributed by atoms with Gasteiger partial charge >= 0.3 is 0 Å². The molecule has 1 heterocycles. The van der Waals surface area contributed by atoms with Crippen molar-refractivity contribution in [2.45, 2.75) is 0 Å². The lowest BCUT2D eigenvalue weighted by atomic mass is 10.2. The van der Waals surface area contributed by atoms with Crippen LogP contribution in [-0.2, 0) is 0 Å². The van der Waals surface area contributed by atoms with E-state index in [1.165, 1.54) is 0 Å². The molecule has 0 aliphatic carbocycles. The first-order chi connectivity index (χ1) is 6.84. The fourth-order valence-corrected chi connectivity index (χ4v) is 1.35. The third-order valence-corrected chi connectivity index (χ3v) is 2.31. The van der Waals surface area contributed by atoms with Crippen molar-refractivity contribution in [1.29, 1.82) is 0 Å². The van der Waals surface area contributed by atoms with Crippen molar-refractivity contribution in [3.8, 4) is 11.8 Å². The first kappa shape index (κ1) is 9.11. The molecule has 1 nitrogen and oxygen atoms in total. The summed E-state index contributed by atoms with van der Waals surface area (Å²) in [6, 6.07) is 11.8. The Bertz CT molecular complexity index is 457. The molecule has 0 unspecified atom stereocenters. The van der Waals surface area contributed by atoms with Crippen LogP contribution in [0, 0.1) is 11.8 Å². The largest absolute Gasteiger partial charge is 0.355 e. The van der Waals surface area contributed by atoms with Gasteiger partial charge in [-0.1, -0.05) is 21.9 Å². The van der Waals surface area contributed by atoms with Gasteiger partial charge in [0, 0.05) is 16.2 Å². The maximum atomic E-state index is 3.38. The standard InChI is InChI=1S/C12H8BrN/c13-11-6-3-10(4-7-11)5-8-12-2-1-9-14-12/h1-4,6-7,9,14H. The molecule has 0 fully saturated rings. The molecule has 2 rings (SSSR count). The molecule has 0 bridgehead atoms. The molecule has 2 heteroatoms. The Morgan fingerprint density at radius 3 is 2.43 bits per heavy atom. The van der Waals surface area contributed by atoms with Crippen LogP contribution < -0.4 is 0 Å². The van der Waals surface area contributed by atoms with Gasteiger partial charge in [0.15, 0.2) is 0 Å². The van der Waals surface area contributed by atoms with E-state index in [0.29, 0.717) is 0 Å². The first-order valence-corrected chi connectivity index (χ1v) is 5.05. The van der Waals surface area contributed by atoms with Gasteiger partial charge in [-0.05, 0) is 42.3 Å². The summed E-state index contributed by atoms with van der Waals surface area (Å²) < 4.78 is 1.07. The van der Waals surface area contributed by atoms with Crippen molar-refractivity contribution in [1.82, 2.24) is 4.98 Å². The number of benzene rings is 1. The van der Waals surface area contributed by atoms with E-state index in [2.05, 4.69) is 32.8 Å². The number of H-pyrrole nitrogens is 1. The van der Waals surface area contributed by atoms with Gasteiger partial charge in [-0.15, -0.1) is 0 Å². The Morgan fingerprint density at radius 1 is 1.00 bits per heavy atom. The molecule has 0 aliphatic heterocycles. The second kappa shape index (κ2) is 4.17. The van der Waals surface area contributed by atoms with Crippen LogP contribution >= 0.6 is 15.9 Å².